The van der Waals surface area contributed by atoms with Gasteiger partial charge in [-0.1, -0.05) is 213 Å². The molecule has 0 bridgehead atoms. The van der Waals surface area contributed by atoms with Gasteiger partial charge in [0.2, 0.25) is 0 Å². The number of unbranched alkanes of at least 4 members (excludes halogenated alkanes) is 22. The van der Waals surface area contributed by atoms with Gasteiger partial charge in [-0.05, 0) is 24.7 Å². The Morgan fingerprint density at radius 2 is 0.472 bits per heavy atom. The summed E-state index contributed by atoms with van der Waals surface area (Å²) in [6.45, 7) is 5.02. The number of rotatable bonds is 31. The Bertz CT molecular complexity index is 347. The maximum Gasteiger partial charge on any atom is 0.00313 e. The molecule has 0 saturated heterocycles. The summed E-state index contributed by atoms with van der Waals surface area (Å²) in [4.78, 5) is 0. The summed E-state index contributed by atoms with van der Waals surface area (Å²) in [6, 6.07) is 0. The van der Waals surface area contributed by atoms with E-state index in [9.17, 15) is 0 Å². The van der Waals surface area contributed by atoms with E-state index in [-0.39, 0.29) is 0 Å². The van der Waals surface area contributed by atoms with Crippen molar-refractivity contribution < 1.29 is 0 Å². The van der Waals surface area contributed by atoms with Crippen molar-refractivity contribution in [2.45, 2.75) is 194 Å². The highest BCUT2D eigenvalue weighted by molar-refractivity contribution is 9.09. The first-order chi connectivity index (χ1) is 17.7. The minimum atomic E-state index is 0.946. The minimum Gasteiger partial charge on any atom is -0.0928 e. The fraction of sp³-hybridized carbons (Fsp3) is 1.00. The van der Waals surface area contributed by atoms with Crippen molar-refractivity contribution in [3.8, 4) is 0 Å². The summed E-state index contributed by atoms with van der Waals surface area (Å²) in [7, 11) is 0. The number of hydrogen-bond donors (Lipinski definition) is 0. The molecule has 0 amide bonds. The fourth-order valence-corrected chi connectivity index (χ4v) is 6.36. The van der Waals surface area contributed by atoms with Crippen LogP contribution < -0.4 is 0 Å². The van der Waals surface area contributed by atoms with E-state index in [0.717, 1.165) is 11.8 Å². The second kappa shape index (κ2) is 32.2. The van der Waals surface area contributed by atoms with Gasteiger partial charge in [0.25, 0.3) is 0 Å². The average Bonchev–Trinajstić information content (AvgIpc) is 2.88. The van der Waals surface area contributed by atoms with Crippen molar-refractivity contribution in [1.29, 1.82) is 0 Å². The van der Waals surface area contributed by atoms with Gasteiger partial charge in [0, 0.05) is 10.7 Å². The van der Waals surface area contributed by atoms with Crippen molar-refractivity contribution in [1.82, 2.24) is 0 Å². The van der Waals surface area contributed by atoms with Crippen LogP contribution in [0.5, 0.6) is 0 Å². The van der Waals surface area contributed by atoms with E-state index in [1.54, 1.807) is 0 Å². The van der Waals surface area contributed by atoms with Crippen LogP contribution in [0.4, 0.5) is 0 Å². The van der Waals surface area contributed by atoms with Crippen LogP contribution in [-0.4, -0.2) is 10.7 Å². The second-order valence-corrected chi connectivity index (χ2v) is 13.8. The van der Waals surface area contributed by atoms with Gasteiger partial charge in [0.15, 0.2) is 0 Å². The van der Waals surface area contributed by atoms with Crippen molar-refractivity contribution in [3.63, 3.8) is 0 Å². The van der Waals surface area contributed by atoms with Gasteiger partial charge in [0.1, 0.15) is 0 Å². The molecule has 0 aromatic carbocycles. The number of halogens is 2. The van der Waals surface area contributed by atoms with Crippen LogP contribution in [0.2, 0.25) is 0 Å². The Morgan fingerprint density at radius 3 is 0.694 bits per heavy atom. The summed E-state index contributed by atoms with van der Waals surface area (Å²) in [5, 5.41) is 2.37. The number of hydrogen-bond acceptors (Lipinski definition) is 0. The highest BCUT2D eigenvalue weighted by Gasteiger charge is 2.07. The average molecular weight is 637 g/mol. The zero-order chi connectivity index (χ0) is 26.4. The molecular formula is C34H68Br2. The summed E-state index contributed by atoms with van der Waals surface area (Å²) in [6.07, 6.45) is 40.8. The minimum absolute atomic E-state index is 0.946. The third kappa shape index (κ3) is 31.2. The Hall–Kier alpha value is 0.960. The molecule has 0 spiro atoms. The predicted octanol–water partition coefficient (Wildman–Crippen LogP) is 14.0. The molecular weight excluding hydrogens is 568 g/mol. The van der Waals surface area contributed by atoms with Crippen LogP contribution in [-0.2, 0) is 0 Å². The molecule has 0 fully saturated rings. The molecule has 2 atom stereocenters. The van der Waals surface area contributed by atoms with Crippen molar-refractivity contribution >= 4 is 31.9 Å². The van der Waals surface area contributed by atoms with Gasteiger partial charge in [-0.3, -0.25) is 0 Å². The molecule has 0 aliphatic carbocycles. The molecule has 0 rings (SSSR count). The summed E-state index contributed by atoms with van der Waals surface area (Å²) < 4.78 is 0. The zero-order valence-electron chi connectivity index (χ0n) is 25.1. The van der Waals surface area contributed by atoms with E-state index >= 15 is 0 Å². The monoisotopic (exact) mass is 634 g/mol. The molecule has 0 radical (unpaired) electrons. The third-order valence-electron chi connectivity index (χ3n) is 8.31. The fourth-order valence-electron chi connectivity index (χ4n) is 5.57. The van der Waals surface area contributed by atoms with Crippen LogP contribution in [0.1, 0.15) is 194 Å². The van der Waals surface area contributed by atoms with Crippen molar-refractivity contribution in [2.75, 3.05) is 10.7 Å². The van der Waals surface area contributed by atoms with Gasteiger partial charge in [-0.25, -0.2) is 0 Å². The van der Waals surface area contributed by atoms with Gasteiger partial charge >= 0.3 is 0 Å². The lowest BCUT2D eigenvalue weighted by atomic mass is 9.91. The zero-order valence-corrected chi connectivity index (χ0v) is 28.3. The van der Waals surface area contributed by atoms with Crippen molar-refractivity contribution in [2.24, 2.45) is 11.8 Å². The summed E-state index contributed by atoms with van der Waals surface area (Å²) >= 11 is 7.05. The molecule has 0 aromatic rings. The van der Waals surface area contributed by atoms with Crippen LogP contribution in [0.25, 0.3) is 0 Å². The third-order valence-corrected chi connectivity index (χ3v) is 9.43. The maximum absolute atomic E-state index is 3.52. The molecule has 0 aliphatic rings. The first-order valence-electron chi connectivity index (χ1n) is 16.8. The predicted molar refractivity (Wildman–Crippen MR) is 175 cm³/mol. The molecule has 0 nitrogen and oxygen atoms in total. The Kier molecular flexibility index (Phi) is 33.0. The quantitative estimate of drug-likeness (QED) is 0.0525. The topological polar surface area (TPSA) is 0 Å². The van der Waals surface area contributed by atoms with E-state index in [1.807, 2.05) is 0 Å². The first-order valence-corrected chi connectivity index (χ1v) is 19.1. The first kappa shape index (κ1) is 37.0. The van der Waals surface area contributed by atoms with E-state index < -0.39 is 0 Å². The molecule has 0 N–H and O–H groups in total. The molecule has 2 unspecified atom stereocenters. The van der Waals surface area contributed by atoms with E-state index in [2.05, 4.69) is 45.7 Å². The van der Waals surface area contributed by atoms with Crippen LogP contribution in [0.15, 0.2) is 0 Å². The Labute approximate surface area is 247 Å². The molecule has 218 valence electrons. The lowest BCUT2D eigenvalue weighted by Crippen LogP contribution is -2.01. The number of alkyl halides is 2. The van der Waals surface area contributed by atoms with Crippen molar-refractivity contribution in [3.05, 3.63) is 0 Å². The summed E-state index contributed by atoms with van der Waals surface area (Å²) in [5.41, 5.74) is 0. The lowest BCUT2D eigenvalue weighted by Gasteiger charge is -2.15. The molecule has 0 aliphatic heterocycles. The molecule has 0 saturated carbocycles. The van der Waals surface area contributed by atoms with E-state index in [1.165, 1.54) is 190 Å². The highest BCUT2D eigenvalue weighted by atomic mass is 79.9. The molecule has 2 heteroatoms. The lowest BCUT2D eigenvalue weighted by molar-refractivity contribution is 0.376. The van der Waals surface area contributed by atoms with Crippen LogP contribution in [0.3, 0.4) is 0 Å². The SMILES string of the molecule is CC(CCCCCCCCCCCCCCBr)CCC(C)CCCCCCCCCCCCCCBr. The highest BCUT2D eigenvalue weighted by Crippen LogP contribution is 2.22. The maximum atomic E-state index is 3.52. The van der Waals surface area contributed by atoms with Gasteiger partial charge in [-0.2, -0.15) is 0 Å². The molecule has 0 heterocycles. The molecule has 0 aromatic heterocycles. The van der Waals surface area contributed by atoms with Gasteiger partial charge in [-0.15, -0.1) is 0 Å². The second-order valence-electron chi connectivity index (χ2n) is 12.2. The van der Waals surface area contributed by atoms with E-state index in [4.69, 9.17) is 0 Å². The van der Waals surface area contributed by atoms with Crippen LogP contribution >= 0.6 is 31.9 Å². The standard InChI is InChI=1S/C34H68Br2/c1-33(27-23-19-15-11-7-3-5-9-13-17-21-25-31-35)29-30-34(2)28-24-20-16-12-8-4-6-10-14-18-22-26-32-36/h33-34H,3-32H2,1-2H3. The van der Waals surface area contributed by atoms with Gasteiger partial charge < -0.3 is 0 Å². The normalized spacial score (nSPS) is 13.3. The largest absolute Gasteiger partial charge is 0.0928 e. The smallest absolute Gasteiger partial charge is 0.00313 e. The molecule has 36 heavy (non-hydrogen) atoms. The van der Waals surface area contributed by atoms with Gasteiger partial charge in [0.05, 0.1) is 0 Å². The van der Waals surface area contributed by atoms with E-state index in [0.29, 0.717) is 0 Å². The Balaban J connectivity index is 3.27. The van der Waals surface area contributed by atoms with Crippen LogP contribution in [0, 0.1) is 11.8 Å². The summed E-state index contributed by atoms with van der Waals surface area (Å²) in [5.74, 6) is 1.89. The Morgan fingerprint density at radius 1 is 0.278 bits per heavy atom.